The van der Waals surface area contributed by atoms with Gasteiger partial charge in [-0.1, -0.05) is 29.3 Å². The van der Waals surface area contributed by atoms with Crippen LogP contribution in [0, 0.1) is 6.92 Å². The molecule has 0 unspecified atom stereocenters. The summed E-state index contributed by atoms with van der Waals surface area (Å²) in [5.41, 5.74) is 2.18. The number of nitrogens with zero attached hydrogens (tertiary/aromatic N) is 4. The maximum atomic E-state index is 13.6. The zero-order valence-electron chi connectivity index (χ0n) is 22.8. The van der Waals surface area contributed by atoms with Gasteiger partial charge in [-0.3, -0.25) is 9.59 Å². The minimum absolute atomic E-state index is 0.102. The summed E-state index contributed by atoms with van der Waals surface area (Å²) >= 11 is 12.8. The highest BCUT2D eigenvalue weighted by atomic mass is 35.5. The first-order valence-corrected chi connectivity index (χ1v) is 14.1. The number of aromatic nitrogens is 4. The SMILES string of the molecule is COCCOn1c(=O)c(-c2c(Cl)cccc2Cl)cc2cnc(Nc3cc(C(=O)NCCN4CCCC4)[nH]c3C)nc21. The second kappa shape index (κ2) is 12.9. The fourth-order valence-electron chi connectivity index (χ4n) is 4.76. The molecule has 4 aromatic rings. The molecule has 13 heteroatoms. The normalized spacial score (nSPS) is 13.6. The molecule has 0 radical (unpaired) electrons. The lowest BCUT2D eigenvalue weighted by atomic mass is 10.1. The number of hydrogen-bond donors (Lipinski definition) is 3. The van der Waals surface area contributed by atoms with E-state index in [-0.39, 0.29) is 36.3 Å². The van der Waals surface area contributed by atoms with Crippen molar-refractivity contribution in [2.45, 2.75) is 19.8 Å². The topological polar surface area (TPSA) is 126 Å². The van der Waals surface area contributed by atoms with Gasteiger partial charge < -0.3 is 30.1 Å². The lowest BCUT2D eigenvalue weighted by molar-refractivity contribution is 0.0584. The van der Waals surface area contributed by atoms with Gasteiger partial charge in [-0.25, -0.2) is 4.98 Å². The first-order chi connectivity index (χ1) is 19.9. The molecule has 0 atom stereocenters. The van der Waals surface area contributed by atoms with Crippen LogP contribution < -0.4 is 21.0 Å². The summed E-state index contributed by atoms with van der Waals surface area (Å²) < 4.78 is 6.19. The van der Waals surface area contributed by atoms with Crippen molar-refractivity contribution in [3.63, 3.8) is 0 Å². The van der Waals surface area contributed by atoms with E-state index in [4.69, 9.17) is 32.8 Å². The Hall–Kier alpha value is -3.64. The minimum atomic E-state index is -0.487. The number of halogens is 2. The van der Waals surface area contributed by atoms with Crippen LogP contribution in [0.5, 0.6) is 0 Å². The van der Waals surface area contributed by atoms with Crippen molar-refractivity contribution in [3.8, 4) is 11.1 Å². The van der Waals surface area contributed by atoms with Gasteiger partial charge in [-0.05, 0) is 57.1 Å². The summed E-state index contributed by atoms with van der Waals surface area (Å²) in [5, 5.41) is 7.29. The van der Waals surface area contributed by atoms with Crippen LogP contribution in [0.25, 0.3) is 22.2 Å². The Labute approximate surface area is 246 Å². The molecule has 1 saturated heterocycles. The molecule has 41 heavy (non-hydrogen) atoms. The molecule has 216 valence electrons. The number of carbonyl (C=O) groups is 1. The molecule has 5 rings (SSSR count). The molecule has 3 N–H and O–H groups in total. The smallest absolute Gasteiger partial charge is 0.293 e. The lowest BCUT2D eigenvalue weighted by Gasteiger charge is -2.15. The van der Waals surface area contributed by atoms with E-state index in [0.717, 1.165) is 30.1 Å². The fraction of sp³-hybridized carbons (Fsp3) is 0.357. The van der Waals surface area contributed by atoms with Crippen molar-refractivity contribution >= 4 is 51.8 Å². The highest BCUT2D eigenvalue weighted by molar-refractivity contribution is 6.39. The molecule has 3 aromatic heterocycles. The molecule has 0 aliphatic carbocycles. The number of fused-ring (bicyclic) bond motifs is 1. The Kier molecular flexibility index (Phi) is 9.09. The average Bonchev–Trinajstić information content (AvgIpc) is 3.60. The number of H-pyrrole nitrogens is 1. The number of amides is 1. The standard InChI is InChI=1S/C28H31Cl2N7O4/c1-17-22(15-23(33-17)26(38)31-8-11-36-9-3-4-10-36)34-28-32-16-18-14-19(24-20(29)6-5-7-21(24)30)27(39)37(25(18)35-28)41-13-12-40-2/h5-7,14-16,33H,3-4,8-13H2,1-2H3,(H,31,38)(H,32,34,35). The summed E-state index contributed by atoms with van der Waals surface area (Å²) in [4.78, 5) is 46.5. The molecule has 0 saturated carbocycles. The largest absolute Gasteiger partial charge is 0.406 e. The van der Waals surface area contributed by atoms with E-state index in [2.05, 4.69) is 30.5 Å². The molecule has 4 heterocycles. The monoisotopic (exact) mass is 599 g/mol. The molecule has 1 aliphatic heterocycles. The van der Waals surface area contributed by atoms with Gasteiger partial charge >= 0.3 is 0 Å². The van der Waals surface area contributed by atoms with Crippen LogP contribution in [0.15, 0.2) is 41.3 Å². The minimum Gasteiger partial charge on any atom is -0.406 e. The molecule has 1 amide bonds. The van der Waals surface area contributed by atoms with Gasteiger partial charge in [0.1, 0.15) is 12.3 Å². The zero-order valence-corrected chi connectivity index (χ0v) is 24.3. The number of benzene rings is 1. The molecule has 1 fully saturated rings. The third-order valence-electron chi connectivity index (χ3n) is 6.86. The second-order valence-electron chi connectivity index (χ2n) is 9.70. The van der Waals surface area contributed by atoms with Gasteiger partial charge in [-0.2, -0.15) is 4.98 Å². The van der Waals surface area contributed by atoms with Gasteiger partial charge in [0.05, 0.1) is 27.9 Å². The van der Waals surface area contributed by atoms with Crippen molar-refractivity contribution in [2.24, 2.45) is 0 Å². The van der Waals surface area contributed by atoms with Gasteiger partial charge in [0.25, 0.3) is 11.5 Å². The highest BCUT2D eigenvalue weighted by Crippen LogP contribution is 2.34. The molecule has 0 spiro atoms. The number of hydrogen-bond acceptors (Lipinski definition) is 8. The third kappa shape index (κ3) is 6.48. The number of aryl methyl sites for hydroxylation is 1. The van der Waals surface area contributed by atoms with Crippen LogP contribution >= 0.6 is 23.2 Å². The van der Waals surface area contributed by atoms with E-state index in [0.29, 0.717) is 38.9 Å². The Bertz CT molecular complexity index is 1600. The Morgan fingerprint density at radius 1 is 1.15 bits per heavy atom. The Morgan fingerprint density at radius 3 is 2.63 bits per heavy atom. The van der Waals surface area contributed by atoms with E-state index in [1.54, 1.807) is 36.5 Å². The van der Waals surface area contributed by atoms with Crippen LogP contribution in [0.4, 0.5) is 11.6 Å². The highest BCUT2D eigenvalue weighted by Gasteiger charge is 2.20. The van der Waals surface area contributed by atoms with Crippen molar-refractivity contribution in [1.82, 2.24) is 29.9 Å². The molecular weight excluding hydrogens is 569 g/mol. The van der Waals surface area contributed by atoms with Crippen LogP contribution in [0.2, 0.25) is 10.0 Å². The zero-order chi connectivity index (χ0) is 28.9. The van der Waals surface area contributed by atoms with Gasteiger partial charge in [0.15, 0.2) is 5.65 Å². The van der Waals surface area contributed by atoms with Gasteiger partial charge in [-0.15, -0.1) is 4.73 Å². The fourth-order valence-corrected chi connectivity index (χ4v) is 5.36. The number of aromatic amines is 1. The predicted octanol–water partition coefficient (Wildman–Crippen LogP) is 4.05. The summed E-state index contributed by atoms with van der Waals surface area (Å²) in [6.07, 6.45) is 3.99. The van der Waals surface area contributed by atoms with Crippen LogP contribution in [0.1, 0.15) is 29.0 Å². The molecule has 11 nitrogen and oxygen atoms in total. The van der Waals surface area contributed by atoms with Crippen molar-refractivity contribution < 1.29 is 14.4 Å². The van der Waals surface area contributed by atoms with Crippen molar-refractivity contribution in [2.75, 3.05) is 51.8 Å². The van der Waals surface area contributed by atoms with E-state index < -0.39 is 5.56 Å². The summed E-state index contributed by atoms with van der Waals surface area (Å²) in [5.74, 6) is 0.0264. The molecule has 1 aliphatic rings. The van der Waals surface area contributed by atoms with Crippen LogP contribution in [-0.4, -0.2) is 77.0 Å². The number of anilines is 2. The van der Waals surface area contributed by atoms with Crippen LogP contribution in [0.3, 0.4) is 0 Å². The molecule has 0 bridgehead atoms. The average molecular weight is 601 g/mol. The summed E-state index contributed by atoms with van der Waals surface area (Å²) in [6, 6.07) is 8.37. The Morgan fingerprint density at radius 2 is 1.90 bits per heavy atom. The first-order valence-electron chi connectivity index (χ1n) is 13.3. The number of ether oxygens (including phenoxy) is 1. The van der Waals surface area contributed by atoms with E-state index in [9.17, 15) is 9.59 Å². The number of nitrogens with one attached hydrogen (secondary N) is 3. The third-order valence-corrected chi connectivity index (χ3v) is 7.49. The summed E-state index contributed by atoms with van der Waals surface area (Å²) in [7, 11) is 1.54. The number of carbonyl (C=O) groups excluding carboxylic acids is 1. The second-order valence-corrected chi connectivity index (χ2v) is 10.5. The predicted molar refractivity (Wildman–Crippen MR) is 159 cm³/mol. The quantitative estimate of drug-likeness (QED) is 0.220. The number of pyridine rings is 1. The van der Waals surface area contributed by atoms with Crippen molar-refractivity contribution in [3.05, 3.63) is 68.3 Å². The molecular formula is C28H31Cl2N7O4. The van der Waals surface area contributed by atoms with E-state index in [1.165, 1.54) is 20.0 Å². The van der Waals surface area contributed by atoms with E-state index >= 15 is 0 Å². The Balaban J connectivity index is 1.42. The van der Waals surface area contributed by atoms with Crippen molar-refractivity contribution in [1.29, 1.82) is 0 Å². The number of methoxy groups -OCH3 is 1. The summed E-state index contributed by atoms with van der Waals surface area (Å²) in [6.45, 7) is 5.77. The van der Waals surface area contributed by atoms with Gasteiger partial charge in [0.2, 0.25) is 5.95 Å². The maximum Gasteiger partial charge on any atom is 0.293 e. The molecule has 1 aromatic carbocycles. The number of rotatable bonds is 11. The first kappa shape index (κ1) is 28.9. The van der Waals surface area contributed by atoms with E-state index in [1.807, 2.05) is 6.92 Å². The van der Waals surface area contributed by atoms with Crippen LogP contribution in [-0.2, 0) is 4.74 Å². The number of likely N-dealkylation sites (tertiary alicyclic amines) is 1. The maximum absolute atomic E-state index is 13.6. The lowest BCUT2D eigenvalue weighted by Crippen LogP contribution is -2.33. The van der Waals surface area contributed by atoms with Gasteiger partial charge in [0, 0.05) is 43.0 Å².